The Morgan fingerprint density at radius 3 is 2.31 bits per heavy atom. The molecule has 0 heterocycles. The van der Waals surface area contributed by atoms with Crippen LogP contribution >= 0.6 is 23.2 Å². The van der Waals surface area contributed by atoms with Crippen LogP contribution in [0.2, 0.25) is 10.0 Å². The summed E-state index contributed by atoms with van der Waals surface area (Å²) in [4.78, 5) is 0. The summed E-state index contributed by atoms with van der Waals surface area (Å²) in [5.41, 5.74) is -0.256. The normalized spacial score (nSPS) is 16.6. The second-order valence-corrected chi connectivity index (χ2v) is 4.69. The number of benzene rings is 1. The van der Waals surface area contributed by atoms with E-state index < -0.39 is 18.2 Å². The van der Waals surface area contributed by atoms with Crippen LogP contribution in [0.25, 0.3) is 0 Å². The van der Waals surface area contributed by atoms with E-state index in [0.717, 1.165) is 0 Å². The lowest BCUT2D eigenvalue weighted by Crippen LogP contribution is -2.36. The minimum absolute atomic E-state index is 0.446. The topological polar surface area (TPSA) is 20.2 Å². The summed E-state index contributed by atoms with van der Waals surface area (Å²) in [6.45, 7) is 4.46. The van der Waals surface area contributed by atoms with Crippen LogP contribution in [0.15, 0.2) is 30.9 Å². The molecule has 0 fully saturated rings. The maximum Gasteiger partial charge on any atom is 0.116 e. The molecule has 0 aliphatic rings. The molecule has 0 saturated carbocycles. The number of hydrogen-bond acceptors (Lipinski definition) is 1. The van der Waals surface area contributed by atoms with E-state index in [1.807, 2.05) is 0 Å². The summed E-state index contributed by atoms with van der Waals surface area (Å²) in [5, 5.41) is 10.6. The smallest absolute Gasteiger partial charge is 0.116 e. The molecule has 88 valence electrons. The lowest BCUT2D eigenvalue weighted by molar-refractivity contribution is 0.0870. The first-order chi connectivity index (χ1) is 7.43. The SMILES string of the molecule is C=C[C@](C)(c1cc(Cl)cc(Cl)c1)[C@H](O)CF. The fourth-order valence-corrected chi connectivity index (χ4v) is 2.00. The van der Waals surface area contributed by atoms with Crippen LogP contribution in [0.1, 0.15) is 12.5 Å². The molecule has 0 aliphatic heterocycles. The summed E-state index contributed by atoms with van der Waals surface area (Å²) < 4.78 is 12.6. The molecule has 0 bridgehead atoms. The predicted molar refractivity (Wildman–Crippen MR) is 66.0 cm³/mol. The number of aliphatic hydroxyl groups is 1. The largest absolute Gasteiger partial charge is 0.389 e. The fourth-order valence-electron chi connectivity index (χ4n) is 1.47. The Bertz CT molecular complexity index is 374. The maximum atomic E-state index is 12.6. The summed E-state index contributed by atoms with van der Waals surface area (Å²) in [6, 6.07) is 4.87. The lowest BCUT2D eigenvalue weighted by atomic mass is 9.78. The van der Waals surface area contributed by atoms with Crippen LogP contribution in [-0.2, 0) is 5.41 Å². The Balaban J connectivity index is 3.27. The molecular weight excluding hydrogens is 250 g/mol. The van der Waals surface area contributed by atoms with Gasteiger partial charge in [-0.3, -0.25) is 0 Å². The number of rotatable bonds is 4. The fraction of sp³-hybridized carbons (Fsp3) is 0.333. The molecule has 2 atom stereocenters. The van der Waals surface area contributed by atoms with Crippen LogP contribution in [-0.4, -0.2) is 17.9 Å². The highest BCUT2D eigenvalue weighted by Gasteiger charge is 2.32. The molecule has 0 aliphatic carbocycles. The molecule has 0 aromatic heterocycles. The number of aliphatic hydroxyl groups excluding tert-OH is 1. The summed E-state index contributed by atoms with van der Waals surface area (Å²) in [7, 11) is 0. The first-order valence-electron chi connectivity index (χ1n) is 4.78. The zero-order valence-electron chi connectivity index (χ0n) is 8.88. The van der Waals surface area contributed by atoms with E-state index in [1.165, 1.54) is 6.08 Å². The summed E-state index contributed by atoms with van der Waals surface area (Å²) in [6.07, 6.45) is 0.332. The van der Waals surface area contributed by atoms with Crippen LogP contribution in [0.3, 0.4) is 0 Å². The van der Waals surface area contributed by atoms with E-state index in [0.29, 0.717) is 15.6 Å². The van der Waals surface area contributed by atoms with Crippen LogP contribution < -0.4 is 0 Å². The van der Waals surface area contributed by atoms with E-state index in [4.69, 9.17) is 23.2 Å². The van der Waals surface area contributed by atoms with Gasteiger partial charge >= 0.3 is 0 Å². The molecule has 0 spiro atoms. The van der Waals surface area contributed by atoms with E-state index in [-0.39, 0.29) is 0 Å². The third-order valence-corrected chi connectivity index (χ3v) is 3.18. The van der Waals surface area contributed by atoms with Crippen molar-refractivity contribution in [3.8, 4) is 0 Å². The Morgan fingerprint density at radius 1 is 1.44 bits per heavy atom. The second-order valence-electron chi connectivity index (χ2n) is 3.82. The van der Waals surface area contributed by atoms with E-state index in [2.05, 4.69) is 6.58 Å². The molecule has 0 radical (unpaired) electrons. The van der Waals surface area contributed by atoms with Gasteiger partial charge in [0.05, 0.1) is 6.10 Å². The molecule has 1 rings (SSSR count). The van der Waals surface area contributed by atoms with Crippen molar-refractivity contribution >= 4 is 23.2 Å². The molecular formula is C12H13Cl2FO. The molecule has 1 aromatic carbocycles. The first-order valence-corrected chi connectivity index (χ1v) is 5.54. The highest BCUT2D eigenvalue weighted by atomic mass is 35.5. The van der Waals surface area contributed by atoms with Crippen LogP contribution in [0, 0.1) is 0 Å². The van der Waals surface area contributed by atoms with Gasteiger partial charge in [0.2, 0.25) is 0 Å². The third kappa shape index (κ3) is 2.57. The minimum atomic E-state index is -1.17. The van der Waals surface area contributed by atoms with Crippen LogP contribution in [0.5, 0.6) is 0 Å². The number of halogens is 3. The molecule has 1 nitrogen and oxygen atoms in total. The Kier molecular flexibility index (Phi) is 4.36. The summed E-state index contributed by atoms with van der Waals surface area (Å²) >= 11 is 11.7. The van der Waals surface area contributed by atoms with Crippen LogP contribution in [0.4, 0.5) is 4.39 Å². The molecule has 4 heteroatoms. The molecule has 1 N–H and O–H groups in total. The van der Waals surface area contributed by atoms with Gasteiger partial charge < -0.3 is 5.11 Å². The number of hydrogen-bond donors (Lipinski definition) is 1. The van der Waals surface area contributed by atoms with Gasteiger partial charge in [-0.2, -0.15) is 0 Å². The minimum Gasteiger partial charge on any atom is -0.389 e. The zero-order chi connectivity index (χ0) is 12.3. The van der Waals surface area contributed by atoms with Gasteiger partial charge in [-0.15, -0.1) is 6.58 Å². The maximum absolute atomic E-state index is 12.6. The Hall–Kier alpha value is -0.570. The standard InChI is InChI=1S/C12H13Cl2FO/c1-3-12(2,11(16)7-15)8-4-9(13)6-10(14)5-8/h3-6,11,16H,1,7H2,2H3/t11-,12-/m1/s1. The van der Waals surface area contributed by atoms with Gasteiger partial charge in [-0.1, -0.05) is 29.3 Å². The number of alkyl halides is 1. The third-order valence-electron chi connectivity index (χ3n) is 2.75. The highest BCUT2D eigenvalue weighted by molar-refractivity contribution is 6.34. The van der Waals surface area contributed by atoms with Gasteiger partial charge in [-0.25, -0.2) is 4.39 Å². The second kappa shape index (κ2) is 5.17. The molecule has 0 amide bonds. The van der Waals surface area contributed by atoms with Gasteiger partial charge in [-0.05, 0) is 30.7 Å². The molecule has 1 aromatic rings. The Labute approximate surface area is 104 Å². The van der Waals surface area contributed by atoms with E-state index >= 15 is 0 Å². The summed E-state index contributed by atoms with van der Waals surface area (Å²) in [5.74, 6) is 0. The van der Waals surface area contributed by atoms with E-state index in [1.54, 1.807) is 25.1 Å². The molecule has 0 saturated heterocycles. The monoisotopic (exact) mass is 262 g/mol. The van der Waals surface area contributed by atoms with Crippen molar-refractivity contribution in [3.63, 3.8) is 0 Å². The van der Waals surface area contributed by atoms with Crippen molar-refractivity contribution in [1.82, 2.24) is 0 Å². The Morgan fingerprint density at radius 2 is 1.94 bits per heavy atom. The van der Waals surface area contributed by atoms with Gasteiger partial charge in [0.25, 0.3) is 0 Å². The van der Waals surface area contributed by atoms with Crippen molar-refractivity contribution in [3.05, 3.63) is 46.5 Å². The van der Waals surface area contributed by atoms with Gasteiger partial charge in [0, 0.05) is 15.5 Å². The first kappa shape index (κ1) is 13.5. The highest BCUT2D eigenvalue weighted by Crippen LogP contribution is 2.33. The average Bonchev–Trinajstić information content (AvgIpc) is 2.25. The van der Waals surface area contributed by atoms with Crippen molar-refractivity contribution < 1.29 is 9.50 Å². The van der Waals surface area contributed by atoms with Crippen molar-refractivity contribution in [1.29, 1.82) is 0 Å². The van der Waals surface area contributed by atoms with Crippen molar-refractivity contribution in [2.75, 3.05) is 6.67 Å². The van der Waals surface area contributed by atoms with E-state index in [9.17, 15) is 9.50 Å². The molecule has 16 heavy (non-hydrogen) atoms. The molecule has 0 unspecified atom stereocenters. The quantitative estimate of drug-likeness (QED) is 0.820. The van der Waals surface area contributed by atoms with Crippen molar-refractivity contribution in [2.24, 2.45) is 0 Å². The van der Waals surface area contributed by atoms with Gasteiger partial charge in [0.1, 0.15) is 6.67 Å². The zero-order valence-corrected chi connectivity index (χ0v) is 10.4. The van der Waals surface area contributed by atoms with Crippen molar-refractivity contribution in [2.45, 2.75) is 18.4 Å². The predicted octanol–water partition coefficient (Wildman–Crippen LogP) is 3.77. The van der Waals surface area contributed by atoms with Gasteiger partial charge in [0.15, 0.2) is 0 Å². The lowest BCUT2D eigenvalue weighted by Gasteiger charge is -2.30. The average molecular weight is 263 g/mol.